The maximum atomic E-state index is 14.9. The fraction of sp³-hybridized carbons (Fsp3) is 0.636. The number of nitrogens with zero attached hydrogens (tertiary/aromatic N) is 3. The Kier molecular flexibility index (Phi) is 16.5. The van der Waals surface area contributed by atoms with Crippen LogP contribution in [0.5, 0.6) is 0 Å². The molecule has 1 fully saturated rings. The predicted octanol–water partition coefficient (Wildman–Crippen LogP) is 3.62. The van der Waals surface area contributed by atoms with Gasteiger partial charge in [0.1, 0.15) is 41.6 Å². The minimum atomic E-state index is -1.10. The standard InChI is InChI=1S/C44H68N10O6S/c1-24(2)31-37(56)53-34(43(7,8)9)36(46-23-30(55)54-20-18-26(5)33(54)39(58)50-31)52-35(44(10,11)12)40(59)51-32(27(6)28-16-14-13-15-17-28)38(57)49-29(41-45-19-21-61-41)22-47-42(60)48-25(3)4/h13-17,19,21,24-27,29,31-35H,18,20,22-23H2,1-12H3,(H,46,52)(H,49,57)(H,50,58)(H,51,59)(H,53,56)(H2,47,48,60)/t26-,27?,29+,31+,32+,33+,34-,35-/m1/s1. The normalized spacial score (nSPS) is 22.3. The van der Waals surface area contributed by atoms with Gasteiger partial charge in [0.2, 0.25) is 29.5 Å². The van der Waals surface area contributed by atoms with Crippen LogP contribution in [-0.4, -0.2) is 107 Å². The largest absolute Gasteiger partial charge is 0.360 e. The lowest BCUT2D eigenvalue weighted by atomic mass is 9.82. The first-order valence-corrected chi connectivity index (χ1v) is 22.2. The van der Waals surface area contributed by atoms with Crippen LogP contribution in [0.25, 0.3) is 0 Å². The van der Waals surface area contributed by atoms with Crippen molar-refractivity contribution >= 4 is 52.7 Å². The van der Waals surface area contributed by atoms with E-state index < -0.39 is 76.8 Å². The topological polar surface area (TPSA) is 215 Å². The first kappa shape index (κ1) is 48.6. The Morgan fingerprint density at radius 2 is 1.57 bits per heavy atom. The molecule has 1 unspecified atom stereocenters. The number of hydrogen-bond donors (Lipinski definition) is 7. The van der Waals surface area contributed by atoms with Crippen LogP contribution in [0.1, 0.15) is 112 Å². The number of fused-ring (bicyclic) bond motifs is 1. The van der Waals surface area contributed by atoms with Gasteiger partial charge in [-0.25, -0.2) is 9.78 Å². The maximum Gasteiger partial charge on any atom is 0.315 e. The van der Waals surface area contributed by atoms with E-state index in [1.165, 1.54) is 16.2 Å². The van der Waals surface area contributed by atoms with Crippen LogP contribution >= 0.6 is 11.3 Å². The van der Waals surface area contributed by atoms with Crippen molar-refractivity contribution in [2.75, 3.05) is 19.6 Å². The summed E-state index contributed by atoms with van der Waals surface area (Å²) in [6.07, 6.45) is 2.24. The molecule has 3 heterocycles. The third kappa shape index (κ3) is 13.0. The number of amidine groups is 1. The lowest BCUT2D eigenvalue weighted by Crippen LogP contribution is -2.65. The van der Waals surface area contributed by atoms with E-state index in [4.69, 9.17) is 4.99 Å². The fourth-order valence-corrected chi connectivity index (χ4v) is 8.28. The van der Waals surface area contributed by atoms with Gasteiger partial charge in [-0.3, -0.25) is 29.0 Å². The van der Waals surface area contributed by atoms with Crippen molar-refractivity contribution in [1.29, 1.82) is 0 Å². The SMILES string of the molecule is CC(C)NC(=O)NC[C@H](NC(=O)[C@@H](NC(=O)[C@@H](NC1=NCC(=O)N2CC[C@@H](C)[C@H]2C(=O)N[C@@H](C(C)C)C(=O)N[C@H]1C(C)(C)C)C(C)(C)C)C(C)c1ccccc1)c1nccs1. The summed E-state index contributed by atoms with van der Waals surface area (Å²) in [5.41, 5.74) is -0.688. The molecule has 0 spiro atoms. The average Bonchev–Trinajstić information content (AvgIpc) is 3.85. The highest BCUT2D eigenvalue weighted by Gasteiger charge is 2.44. The zero-order valence-electron chi connectivity index (χ0n) is 37.8. The van der Waals surface area contributed by atoms with Gasteiger partial charge in [0.05, 0.1) is 12.1 Å². The van der Waals surface area contributed by atoms with E-state index in [0.717, 1.165) is 5.56 Å². The summed E-state index contributed by atoms with van der Waals surface area (Å²) < 4.78 is 0. The van der Waals surface area contributed by atoms with Crippen molar-refractivity contribution in [3.63, 3.8) is 0 Å². The summed E-state index contributed by atoms with van der Waals surface area (Å²) in [5, 5.41) is 23.5. The van der Waals surface area contributed by atoms with Gasteiger partial charge < -0.3 is 42.1 Å². The van der Waals surface area contributed by atoms with Crippen LogP contribution in [0.15, 0.2) is 46.9 Å². The first-order valence-electron chi connectivity index (χ1n) is 21.3. The number of aliphatic imine (C=N–C) groups is 1. The highest BCUT2D eigenvalue weighted by atomic mass is 32.1. The van der Waals surface area contributed by atoms with Crippen molar-refractivity contribution in [2.45, 2.75) is 138 Å². The van der Waals surface area contributed by atoms with Crippen molar-refractivity contribution < 1.29 is 28.8 Å². The van der Waals surface area contributed by atoms with Crippen LogP contribution < -0.4 is 37.2 Å². The minimum absolute atomic E-state index is 0.0429. The lowest BCUT2D eigenvalue weighted by molar-refractivity contribution is -0.140. The molecule has 17 heteroatoms. The second-order valence-corrected chi connectivity index (χ2v) is 20.0. The summed E-state index contributed by atoms with van der Waals surface area (Å²) >= 11 is 1.33. The molecule has 7 amide bonds. The molecule has 1 aromatic carbocycles. The van der Waals surface area contributed by atoms with Crippen molar-refractivity contribution in [3.8, 4) is 0 Å². The average molecular weight is 865 g/mol. The van der Waals surface area contributed by atoms with Gasteiger partial charge in [0.15, 0.2) is 0 Å². The molecule has 4 rings (SSSR count). The smallest absolute Gasteiger partial charge is 0.315 e. The predicted molar refractivity (Wildman–Crippen MR) is 238 cm³/mol. The molecular weight excluding hydrogens is 797 g/mol. The quantitative estimate of drug-likeness (QED) is 0.167. The molecule has 0 saturated carbocycles. The third-order valence-electron chi connectivity index (χ3n) is 11.1. The first-order chi connectivity index (χ1) is 28.5. The molecule has 0 aliphatic carbocycles. The highest BCUT2D eigenvalue weighted by molar-refractivity contribution is 7.09. The lowest BCUT2D eigenvalue weighted by Gasteiger charge is -2.39. The van der Waals surface area contributed by atoms with Gasteiger partial charge in [0.25, 0.3) is 0 Å². The number of aromatic nitrogens is 1. The Morgan fingerprint density at radius 3 is 2.15 bits per heavy atom. The monoisotopic (exact) mass is 865 g/mol. The maximum absolute atomic E-state index is 14.9. The van der Waals surface area contributed by atoms with E-state index in [1.807, 2.05) is 113 Å². The Hall–Kier alpha value is -5.06. The summed E-state index contributed by atoms with van der Waals surface area (Å²) in [4.78, 5) is 94.5. The number of thiazole rings is 1. The number of carbonyl (C=O) groups excluding carboxylic acids is 6. The molecule has 1 saturated heterocycles. The van der Waals surface area contributed by atoms with Crippen LogP contribution in [-0.2, 0) is 24.0 Å². The fourth-order valence-electron chi connectivity index (χ4n) is 7.59. The number of rotatable bonds is 12. The zero-order valence-corrected chi connectivity index (χ0v) is 38.7. The molecule has 2 aromatic rings. The van der Waals surface area contributed by atoms with E-state index in [2.05, 4.69) is 42.2 Å². The van der Waals surface area contributed by atoms with Crippen LogP contribution in [0, 0.1) is 22.7 Å². The van der Waals surface area contributed by atoms with Gasteiger partial charge in [0, 0.05) is 36.6 Å². The summed E-state index contributed by atoms with van der Waals surface area (Å²) in [7, 11) is 0. The van der Waals surface area contributed by atoms with Gasteiger partial charge >= 0.3 is 6.03 Å². The van der Waals surface area contributed by atoms with Crippen molar-refractivity contribution in [1.82, 2.24) is 47.1 Å². The number of urea groups is 1. The molecule has 336 valence electrons. The minimum Gasteiger partial charge on any atom is -0.360 e. The molecule has 0 bridgehead atoms. The molecule has 0 radical (unpaired) electrons. The van der Waals surface area contributed by atoms with Crippen LogP contribution in [0.4, 0.5) is 4.79 Å². The van der Waals surface area contributed by atoms with E-state index in [-0.39, 0.29) is 48.6 Å². The highest BCUT2D eigenvalue weighted by Crippen LogP contribution is 2.28. The number of hydrogen-bond acceptors (Lipinski definition) is 10. The van der Waals surface area contributed by atoms with E-state index in [0.29, 0.717) is 18.0 Å². The van der Waals surface area contributed by atoms with E-state index in [1.54, 1.807) is 11.6 Å². The van der Waals surface area contributed by atoms with E-state index in [9.17, 15) is 28.8 Å². The Balaban J connectivity index is 1.74. The second-order valence-electron chi connectivity index (χ2n) is 19.1. The van der Waals surface area contributed by atoms with Gasteiger partial charge in [-0.05, 0) is 48.5 Å². The molecule has 1 aromatic heterocycles. The molecule has 7 N–H and O–H groups in total. The third-order valence-corrected chi connectivity index (χ3v) is 12.0. The van der Waals surface area contributed by atoms with Gasteiger partial charge in [-0.15, -0.1) is 11.3 Å². The number of nitrogens with one attached hydrogen (secondary N) is 7. The number of amides is 7. The zero-order chi connectivity index (χ0) is 45.4. The van der Waals surface area contributed by atoms with E-state index >= 15 is 0 Å². The second kappa shape index (κ2) is 20.7. The molecule has 8 atom stereocenters. The number of carbonyl (C=O) groups is 6. The molecule has 2 aliphatic heterocycles. The van der Waals surface area contributed by atoms with Crippen LogP contribution in [0.3, 0.4) is 0 Å². The molecule has 16 nitrogen and oxygen atoms in total. The molecule has 2 aliphatic rings. The summed E-state index contributed by atoms with van der Waals surface area (Å²) in [6.45, 7) is 22.6. The summed E-state index contributed by atoms with van der Waals surface area (Å²) in [6, 6.07) is 3.54. The van der Waals surface area contributed by atoms with Crippen molar-refractivity contribution in [2.24, 2.45) is 27.7 Å². The summed E-state index contributed by atoms with van der Waals surface area (Å²) in [5.74, 6) is -2.86. The number of benzene rings is 1. The Bertz CT molecular complexity index is 1870. The van der Waals surface area contributed by atoms with Gasteiger partial charge in [-0.2, -0.15) is 0 Å². The van der Waals surface area contributed by atoms with Crippen molar-refractivity contribution in [3.05, 3.63) is 52.5 Å². The Morgan fingerprint density at radius 1 is 0.902 bits per heavy atom. The molecular formula is C44H68N10O6S. The van der Waals surface area contributed by atoms with Crippen LogP contribution in [0.2, 0.25) is 0 Å². The molecule has 61 heavy (non-hydrogen) atoms. The Labute approximate surface area is 365 Å². The van der Waals surface area contributed by atoms with Gasteiger partial charge in [-0.1, -0.05) is 99.6 Å².